The Hall–Kier alpha value is -1.46. The fraction of sp³-hybridized carbons (Fsp3) is 0.625. The van der Waals surface area contributed by atoms with E-state index >= 15 is 0 Å². The van der Waals surface area contributed by atoms with Crippen molar-refractivity contribution in [2.75, 3.05) is 40.1 Å². The van der Waals surface area contributed by atoms with Gasteiger partial charge in [-0.3, -0.25) is 0 Å². The van der Waals surface area contributed by atoms with Gasteiger partial charge in [0.15, 0.2) is 11.5 Å². The van der Waals surface area contributed by atoms with Crippen molar-refractivity contribution in [3.63, 3.8) is 0 Å². The van der Waals surface area contributed by atoms with Gasteiger partial charge >= 0.3 is 0 Å². The van der Waals surface area contributed by atoms with E-state index in [9.17, 15) is 0 Å². The highest BCUT2D eigenvalue weighted by molar-refractivity contribution is 5.54. The van der Waals surface area contributed by atoms with Crippen molar-refractivity contribution in [2.24, 2.45) is 0 Å². The van der Waals surface area contributed by atoms with Crippen molar-refractivity contribution in [3.8, 4) is 17.2 Å². The molecule has 5 nitrogen and oxygen atoms in total. The first-order valence-electron chi connectivity index (χ1n) is 7.60. The molecular formula is C16H25NO4. The Balaban J connectivity index is 1.80. The molecular weight excluding hydrogens is 270 g/mol. The summed E-state index contributed by atoms with van der Waals surface area (Å²) in [6, 6.07) is 3.99. The van der Waals surface area contributed by atoms with Gasteiger partial charge in [0, 0.05) is 19.7 Å². The summed E-state index contributed by atoms with van der Waals surface area (Å²) in [5, 5.41) is 3.36. The lowest BCUT2D eigenvalue weighted by Crippen LogP contribution is -2.20. The molecule has 1 aliphatic heterocycles. The van der Waals surface area contributed by atoms with Crippen LogP contribution in [0.15, 0.2) is 12.1 Å². The van der Waals surface area contributed by atoms with Crippen LogP contribution >= 0.6 is 0 Å². The number of ether oxygens (including phenoxy) is 4. The minimum absolute atomic E-state index is 0.566. The van der Waals surface area contributed by atoms with E-state index in [0.29, 0.717) is 19.0 Å². The lowest BCUT2D eigenvalue weighted by Gasteiger charge is -2.21. The van der Waals surface area contributed by atoms with E-state index in [4.69, 9.17) is 18.9 Å². The Labute approximate surface area is 126 Å². The van der Waals surface area contributed by atoms with Crippen LogP contribution in [0, 0.1) is 0 Å². The Morgan fingerprint density at radius 2 is 2.05 bits per heavy atom. The monoisotopic (exact) mass is 295 g/mol. The number of fused-ring (bicyclic) bond motifs is 1. The highest BCUT2D eigenvalue weighted by atomic mass is 16.6. The summed E-state index contributed by atoms with van der Waals surface area (Å²) in [4.78, 5) is 0. The quantitative estimate of drug-likeness (QED) is 0.709. The van der Waals surface area contributed by atoms with Gasteiger partial charge in [0.25, 0.3) is 0 Å². The minimum Gasteiger partial charge on any atom is -0.493 e. The summed E-state index contributed by atoms with van der Waals surface area (Å²) in [5.41, 5.74) is 1.12. The van der Waals surface area contributed by atoms with Crippen molar-refractivity contribution in [1.29, 1.82) is 0 Å². The van der Waals surface area contributed by atoms with Gasteiger partial charge in [-0.2, -0.15) is 0 Å². The second-order valence-corrected chi connectivity index (χ2v) is 4.96. The molecule has 2 rings (SSSR count). The lowest BCUT2D eigenvalue weighted by atomic mass is 10.1. The maximum absolute atomic E-state index is 5.62. The zero-order chi connectivity index (χ0) is 14.9. The highest BCUT2D eigenvalue weighted by Crippen LogP contribution is 2.40. The predicted molar refractivity (Wildman–Crippen MR) is 81.4 cm³/mol. The third-order valence-corrected chi connectivity index (χ3v) is 3.28. The van der Waals surface area contributed by atoms with Crippen molar-refractivity contribution < 1.29 is 18.9 Å². The van der Waals surface area contributed by atoms with Crippen LogP contribution in [0.5, 0.6) is 17.2 Å². The first-order chi connectivity index (χ1) is 10.3. The number of hydrogen-bond acceptors (Lipinski definition) is 5. The fourth-order valence-corrected chi connectivity index (χ4v) is 2.15. The molecule has 1 aromatic carbocycles. The van der Waals surface area contributed by atoms with Crippen molar-refractivity contribution in [3.05, 3.63) is 17.7 Å². The molecule has 1 aromatic rings. The summed E-state index contributed by atoms with van der Waals surface area (Å²) in [7, 11) is 1.65. The Morgan fingerprint density at radius 3 is 2.86 bits per heavy atom. The van der Waals surface area contributed by atoms with E-state index in [2.05, 4.69) is 12.2 Å². The molecule has 0 saturated heterocycles. The van der Waals surface area contributed by atoms with Gasteiger partial charge < -0.3 is 24.3 Å². The largest absolute Gasteiger partial charge is 0.493 e. The Morgan fingerprint density at radius 1 is 1.19 bits per heavy atom. The van der Waals surface area contributed by atoms with Crippen molar-refractivity contribution in [1.82, 2.24) is 5.32 Å². The number of rotatable bonds is 9. The molecule has 0 bridgehead atoms. The van der Waals surface area contributed by atoms with Gasteiger partial charge in [-0.1, -0.05) is 13.3 Å². The van der Waals surface area contributed by atoms with E-state index in [1.54, 1.807) is 7.11 Å². The molecule has 0 spiro atoms. The summed E-state index contributed by atoms with van der Waals surface area (Å²) >= 11 is 0. The molecule has 1 aliphatic rings. The fourth-order valence-electron chi connectivity index (χ4n) is 2.15. The molecule has 1 heterocycles. The van der Waals surface area contributed by atoms with Crippen LogP contribution in [0.4, 0.5) is 0 Å². The zero-order valence-electron chi connectivity index (χ0n) is 12.9. The first-order valence-corrected chi connectivity index (χ1v) is 7.60. The molecule has 0 aromatic heterocycles. The van der Waals surface area contributed by atoms with Crippen LogP contribution < -0.4 is 19.5 Å². The first kappa shape index (κ1) is 15.9. The Kier molecular flexibility index (Phi) is 6.63. The second kappa shape index (κ2) is 8.74. The summed E-state index contributed by atoms with van der Waals surface area (Å²) < 4.78 is 22.1. The second-order valence-electron chi connectivity index (χ2n) is 4.96. The standard InChI is InChI=1S/C16H25NO4/c1-3-4-6-19-7-5-17-12-13-10-14(18-2)16-15(11-13)20-8-9-21-16/h10-11,17H,3-9,12H2,1-2H3. The van der Waals surface area contributed by atoms with Crippen LogP contribution in [0.3, 0.4) is 0 Å². The number of methoxy groups -OCH3 is 1. The van der Waals surface area contributed by atoms with Crippen molar-refractivity contribution >= 4 is 0 Å². The number of unbranched alkanes of at least 4 members (excludes halogenated alkanes) is 1. The number of nitrogens with one attached hydrogen (secondary N) is 1. The van der Waals surface area contributed by atoms with Gasteiger partial charge in [-0.15, -0.1) is 0 Å². The lowest BCUT2D eigenvalue weighted by molar-refractivity contribution is 0.133. The molecule has 0 radical (unpaired) electrons. The molecule has 0 atom stereocenters. The van der Waals surface area contributed by atoms with E-state index in [1.165, 1.54) is 6.42 Å². The maximum Gasteiger partial charge on any atom is 0.203 e. The maximum atomic E-state index is 5.62. The third kappa shape index (κ3) is 4.79. The van der Waals surface area contributed by atoms with Gasteiger partial charge in [-0.25, -0.2) is 0 Å². The Bertz CT molecular complexity index is 419. The molecule has 21 heavy (non-hydrogen) atoms. The molecule has 0 fully saturated rings. The van der Waals surface area contributed by atoms with Crippen LogP contribution in [-0.4, -0.2) is 40.1 Å². The summed E-state index contributed by atoms with van der Waals surface area (Å²) in [5.74, 6) is 2.19. The number of benzene rings is 1. The molecule has 1 N–H and O–H groups in total. The zero-order valence-corrected chi connectivity index (χ0v) is 12.9. The summed E-state index contributed by atoms with van der Waals surface area (Å²) in [6.45, 7) is 6.48. The molecule has 118 valence electrons. The van der Waals surface area contributed by atoms with Crippen LogP contribution in [0.1, 0.15) is 25.3 Å². The van der Waals surface area contributed by atoms with Crippen molar-refractivity contribution in [2.45, 2.75) is 26.3 Å². The van der Waals surface area contributed by atoms with E-state index in [0.717, 1.165) is 49.8 Å². The van der Waals surface area contributed by atoms with Gasteiger partial charge in [0.2, 0.25) is 5.75 Å². The average molecular weight is 295 g/mol. The highest BCUT2D eigenvalue weighted by Gasteiger charge is 2.18. The van der Waals surface area contributed by atoms with E-state index in [1.807, 2.05) is 12.1 Å². The average Bonchev–Trinajstić information content (AvgIpc) is 2.53. The van der Waals surface area contributed by atoms with Crippen LogP contribution in [-0.2, 0) is 11.3 Å². The predicted octanol–water partition coefficient (Wildman–Crippen LogP) is 2.37. The van der Waals surface area contributed by atoms with E-state index in [-0.39, 0.29) is 0 Å². The van der Waals surface area contributed by atoms with Crippen LogP contribution in [0.25, 0.3) is 0 Å². The smallest absolute Gasteiger partial charge is 0.203 e. The summed E-state index contributed by atoms with van der Waals surface area (Å²) in [6.07, 6.45) is 2.30. The topological polar surface area (TPSA) is 49.0 Å². The minimum atomic E-state index is 0.566. The molecule has 0 unspecified atom stereocenters. The van der Waals surface area contributed by atoms with Gasteiger partial charge in [0.1, 0.15) is 13.2 Å². The van der Waals surface area contributed by atoms with Crippen LogP contribution in [0.2, 0.25) is 0 Å². The van der Waals surface area contributed by atoms with E-state index < -0.39 is 0 Å². The number of hydrogen-bond donors (Lipinski definition) is 1. The van der Waals surface area contributed by atoms with Gasteiger partial charge in [-0.05, 0) is 24.1 Å². The molecule has 0 amide bonds. The molecule has 5 heteroatoms. The van der Waals surface area contributed by atoms with Gasteiger partial charge in [0.05, 0.1) is 13.7 Å². The normalized spacial score (nSPS) is 13.2. The third-order valence-electron chi connectivity index (χ3n) is 3.28. The molecule has 0 aliphatic carbocycles. The SMILES string of the molecule is CCCCOCCNCc1cc(OC)c2c(c1)OCCO2. The molecule has 0 saturated carbocycles.